The number of carboxylic acid groups (broad SMARTS) is 1. The molecule has 49 nitrogen and oxygen atoms in total. The van der Waals surface area contributed by atoms with Crippen molar-refractivity contribution >= 4 is 124 Å². The van der Waals surface area contributed by atoms with Gasteiger partial charge in [-0.1, -0.05) is 94.2 Å². The molecule has 0 bridgehead atoms. The van der Waals surface area contributed by atoms with Crippen molar-refractivity contribution in [3.8, 4) is 5.75 Å². The van der Waals surface area contributed by atoms with E-state index < -0.39 is 272 Å². The van der Waals surface area contributed by atoms with Crippen LogP contribution < -0.4 is 114 Å². The van der Waals surface area contributed by atoms with Gasteiger partial charge in [0.2, 0.25) is 118 Å². The van der Waals surface area contributed by atoms with Gasteiger partial charge in [0, 0.05) is 32.5 Å². The van der Waals surface area contributed by atoms with E-state index in [1.165, 1.54) is 52.8 Å². The summed E-state index contributed by atoms with van der Waals surface area (Å²) in [5.74, 6) is -20.3. The van der Waals surface area contributed by atoms with E-state index in [1.54, 1.807) is 69.2 Å². The highest BCUT2D eigenvalue weighted by molar-refractivity contribution is 6.02. The summed E-state index contributed by atoms with van der Waals surface area (Å²) in [6.45, 7) is 16.5. The van der Waals surface area contributed by atoms with Gasteiger partial charge in [-0.2, -0.15) is 0 Å². The normalized spacial score (nSPS) is 17.7. The number of benzene rings is 1. The Hall–Kier alpha value is -12.3. The minimum atomic E-state index is -1.78. The summed E-state index contributed by atoms with van der Waals surface area (Å²) in [4.78, 5) is 294. The van der Waals surface area contributed by atoms with E-state index in [0.717, 1.165) is 0 Å². The van der Waals surface area contributed by atoms with E-state index in [4.69, 9.17) is 28.7 Å². The number of aliphatic hydroxyl groups excluding tert-OH is 2. The zero-order chi connectivity index (χ0) is 107. The van der Waals surface area contributed by atoms with Crippen LogP contribution in [0.15, 0.2) is 24.3 Å². The second kappa shape index (κ2) is 62.9. The Bertz CT molecular complexity index is 4450. The third-order valence-corrected chi connectivity index (χ3v) is 24.8. The first-order valence-electron chi connectivity index (χ1n) is 49.6. The molecular weight excluding hydrogens is 1870 g/mol. The fraction of sp³-hybridized carbons (Fsp3) is 0.713. The van der Waals surface area contributed by atoms with Crippen LogP contribution in [0.5, 0.6) is 5.75 Å². The Kier molecular flexibility index (Phi) is 54.1. The standard InChI is InChI=1S/C94H158N24O25/c1-13-54(10)77(90(138)111-66(44-57-29-31-58(121)32-30-57)80(128)100-45-73(123)103-55(11)78(126)113-68(49-120)87(135)106-60(24-15-18-36-96)82(130)108-63(41-50(2)3)84(132)104-56(12)79(127)112-67(48-119)81(129)101-47-75(125)114-76(53(8)9)94(142)143)115-86(134)65(43-52(6)7)110-85(133)64(42-51(4)5)109-83(131)61(25-16-19-37-97)107-89(137)70-27-21-39-117(70)93(141)71-28-22-40-118(71)92(140)62(33-34-72(99)122)105-74(124)46-102-88(136)69-26-20-38-116(69)91(139)59(98)23-14-17-35-95/h29-32,50-56,59-71,76-77,119-121H,13-28,33-49,95-98H2,1-12H3,(H2,99,122)(H,100,128)(H,101,129)(H,102,136)(H,103,123)(H,104,132)(H,105,124)(H,106,135)(H,107,137)(H,108,130)(H,109,131)(H,110,133)(H,111,138)(H,112,127)(H,113,126)(H,114,125)(H,115,134)(H,142,143)/t54-,55-,56-,59-,60-,61-,62-,63-,64-,65-,66-,67-,68-,69-,70-,71-,76-,77-/m0/s1. The van der Waals surface area contributed by atoms with Gasteiger partial charge in [-0.15, -0.1) is 0 Å². The van der Waals surface area contributed by atoms with E-state index in [-0.39, 0.29) is 133 Å². The fourth-order valence-corrected chi connectivity index (χ4v) is 16.5. The average Bonchev–Trinajstić information content (AvgIpc) is 1.66. The number of nitrogens with one attached hydrogen (secondary N) is 16. The molecule has 0 spiro atoms. The van der Waals surface area contributed by atoms with Crippen molar-refractivity contribution in [2.45, 2.75) is 327 Å². The number of phenolic OH excluding ortho intramolecular Hbond substituents is 1. The van der Waals surface area contributed by atoms with Crippen molar-refractivity contribution in [1.82, 2.24) is 99.8 Å². The second-order valence-corrected chi connectivity index (χ2v) is 38.4. The largest absolute Gasteiger partial charge is 0.508 e. The highest BCUT2D eigenvalue weighted by Gasteiger charge is 2.46. The van der Waals surface area contributed by atoms with Gasteiger partial charge in [0.25, 0.3) is 0 Å². The Morgan fingerprint density at radius 2 is 0.776 bits per heavy atom. The number of phenols is 1. The third kappa shape index (κ3) is 41.9. The molecule has 4 rings (SSSR count). The Morgan fingerprint density at radius 3 is 1.25 bits per heavy atom. The number of carboxylic acids is 1. The minimum Gasteiger partial charge on any atom is -0.508 e. The smallest absolute Gasteiger partial charge is 0.326 e. The van der Waals surface area contributed by atoms with Gasteiger partial charge in [0.05, 0.1) is 38.9 Å². The van der Waals surface area contributed by atoms with Crippen molar-refractivity contribution in [3.05, 3.63) is 29.8 Å². The number of primary amides is 1. The van der Waals surface area contributed by atoms with Crippen molar-refractivity contribution < 1.29 is 121 Å². The van der Waals surface area contributed by atoms with Crippen LogP contribution in [-0.4, -0.2) is 334 Å². The summed E-state index contributed by atoms with van der Waals surface area (Å²) in [6.07, 6.45) is 4.04. The maximum atomic E-state index is 14.8. The van der Waals surface area contributed by atoms with Gasteiger partial charge in [-0.25, -0.2) is 4.79 Å². The predicted molar refractivity (Wildman–Crippen MR) is 521 cm³/mol. The first-order valence-corrected chi connectivity index (χ1v) is 49.6. The summed E-state index contributed by atoms with van der Waals surface area (Å²) in [5.41, 5.74) is 29.3. The summed E-state index contributed by atoms with van der Waals surface area (Å²) < 4.78 is 0. The molecule has 3 saturated heterocycles. The zero-order valence-corrected chi connectivity index (χ0v) is 84.4. The van der Waals surface area contributed by atoms with Crippen molar-refractivity contribution in [2.24, 2.45) is 58.3 Å². The van der Waals surface area contributed by atoms with Gasteiger partial charge in [0.15, 0.2) is 0 Å². The number of aliphatic carboxylic acids is 1. The monoisotopic (exact) mass is 2020 g/mol. The quantitative estimate of drug-likeness (QED) is 0.0270. The van der Waals surface area contributed by atoms with Gasteiger partial charge >= 0.3 is 5.97 Å². The van der Waals surface area contributed by atoms with E-state index >= 15 is 0 Å². The molecule has 3 heterocycles. The van der Waals surface area contributed by atoms with Crippen LogP contribution in [-0.2, 0) is 107 Å². The molecule has 3 aliphatic rings. The molecule has 1 aromatic carbocycles. The Balaban J connectivity index is 1.46. The van der Waals surface area contributed by atoms with Crippen LogP contribution in [0, 0.1) is 29.6 Å². The number of aliphatic hydroxyl groups is 2. The van der Waals surface area contributed by atoms with Crippen LogP contribution in [0.1, 0.15) is 223 Å². The molecule has 3 aliphatic heterocycles. The molecule has 3 fully saturated rings. The molecule has 30 N–H and O–H groups in total. The summed E-state index contributed by atoms with van der Waals surface area (Å²) in [7, 11) is 0. The summed E-state index contributed by atoms with van der Waals surface area (Å²) in [5, 5.41) is 80.3. The number of likely N-dealkylation sites (tertiary alicyclic amines) is 3. The first-order chi connectivity index (χ1) is 67.5. The molecule has 143 heavy (non-hydrogen) atoms. The fourth-order valence-electron chi connectivity index (χ4n) is 16.5. The third-order valence-electron chi connectivity index (χ3n) is 24.8. The van der Waals surface area contributed by atoms with Crippen LogP contribution in [0.3, 0.4) is 0 Å². The molecular formula is C94H158N24O25. The zero-order valence-electron chi connectivity index (χ0n) is 84.4. The van der Waals surface area contributed by atoms with Crippen molar-refractivity contribution in [2.75, 3.05) is 72.1 Å². The van der Waals surface area contributed by atoms with Crippen LogP contribution in [0.25, 0.3) is 0 Å². The number of hydrogen-bond acceptors (Lipinski definition) is 28. The molecule has 0 aliphatic carbocycles. The summed E-state index contributed by atoms with van der Waals surface area (Å²) >= 11 is 0. The Labute approximate surface area is 834 Å². The molecule has 1 aromatic rings. The van der Waals surface area contributed by atoms with Crippen molar-refractivity contribution in [3.63, 3.8) is 0 Å². The van der Waals surface area contributed by atoms with Crippen LogP contribution >= 0.6 is 0 Å². The lowest BCUT2D eigenvalue weighted by Gasteiger charge is -2.33. The highest BCUT2D eigenvalue weighted by atomic mass is 16.4. The minimum absolute atomic E-state index is 0.00520. The van der Waals surface area contributed by atoms with E-state index in [2.05, 4.69) is 85.1 Å². The van der Waals surface area contributed by atoms with Crippen LogP contribution in [0.4, 0.5) is 0 Å². The molecule has 0 saturated carbocycles. The lowest BCUT2D eigenvalue weighted by molar-refractivity contribution is -0.148. The van der Waals surface area contributed by atoms with E-state index in [1.807, 2.05) is 0 Å². The van der Waals surface area contributed by atoms with E-state index in [0.29, 0.717) is 76.3 Å². The number of carbonyl (C=O) groups is 21. The van der Waals surface area contributed by atoms with Gasteiger partial charge in [-0.05, 0) is 196 Å². The van der Waals surface area contributed by atoms with E-state index in [9.17, 15) is 121 Å². The maximum Gasteiger partial charge on any atom is 0.326 e. The number of amides is 20. The number of hydrogen-bond donors (Lipinski definition) is 25. The Morgan fingerprint density at radius 1 is 0.385 bits per heavy atom. The molecule has 804 valence electrons. The second-order valence-electron chi connectivity index (χ2n) is 38.4. The SMILES string of the molecule is CC[C@H](C)[C@H](NC(=O)[C@H](CC(C)C)NC(=O)[C@H](CC(C)C)NC(=O)[C@H](CCCCN)NC(=O)[C@@H]1CCCN1C(=O)[C@@H]1CCCN1C(=O)[C@H](CCC(N)=O)NC(=O)CNC(=O)[C@@H]1CCCN1C(=O)[C@@H](N)CCCCN)C(=O)N[C@@H](Cc1ccc(O)cc1)C(=O)NCC(=O)N[C@@H](C)C(=O)N[C@@H](CO)C(=O)N[C@@H](CCCCN)C(=O)N[C@@H](CC(C)C)C(=O)N[C@@H](C)C(=O)N[C@@H](CO)C(=O)NCC(=O)N[C@H](C(=O)O)C(C)C. The number of rotatable bonds is 64. The average molecular weight is 2020 g/mol. The summed E-state index contributed by atoms with van der Waals surface area (Å²) in [6, 6.07) is -17.3. The molecule has 0 aromatic heterocycles. The topological polar surface area (TPSA) is 772 Å². The lowest BCUT2D eigenvalue weighted by atomic mass is 9.95. The first kappa shape index (κ1) is 123. The number of aromatic hydroxyl groups is 1. The molecule has 0 unspecified atom stereocenters. The number of unbranched alkanes of at least 4 members (excludes halogenated alkanes) is 3. The number of carbonyl (C=O) groups excluding carboxylic acids is 20. The number of nitrogens with two attached hydrogens (primary N) is 5. The lowest BCUT2D eigenvalue weighted by Crippen LogP contribution is -2.61. The van der Waals surface area contributed by atoms with Crippen molar-refractivity contribution in [1.29, 1.82) is 0 Å². The van der Waals surface area contributed by atoms with Gasteiger partial charge in [0.1, 0.15) is 102 Å². The number of nitrogens with zero attached hydrogens (tertiary/aromatic N) is 3. The van der Waals surface area contributed by atoms with Gasteiger partial charge in [-0.3, -0.25) is 95.9 Å². The molecule has 18 atom stereocenters. The molecule has 0 radical (unpaired) electrons. The molecule has 49 heteroatoms. The maximum absolute atomic E-state index is 14.8. The highest BCUT2D eigenvalue weighted by Crippen LogP contribution is 2.28. The van der Waals surface area contributed by atoms with Crippen LogP contribution in [0.2, 0.25) is 0 Å². The molecule has 20 amide bonds. The van der Waals surface area contributed by atoms with Gasteiger partial charge < -0.3 is 149 Å². The predicted octanol–water partition coefficient (Wildman–Crippen LogP) is -6.51.